The van der Waals surface area contributed by atoms with E-state index in [0.717, 1.165) is 60.5 Å². The number of hydrogen-bond acceptors (Lipinski definition) is 4. The van der Waals surface area contributed by atoms with Gasteiger partial charge in [-0.3, -0.25) is 9.59 Å². The maximum absolute atomic E-state index is 13.0. The highest BCUT2D eigenvalue weighted by Crippen LogP contribution is 2.65. The SMILES string of the molecule is COc1ccc(SC2=C3CCC4C5CCC(=O)C5(C)CCC4C3(C)CCC2=O)cc1. The zero-order valence-electron chi connectivity index (χ0n) is 18.3. The van der Waals surface area contributed by atoms with Gasteiger partial charge in [0.05, 0.1) is 12.0 Å². The number of carbonyl (C=O) groups excluding carboxylic acids is 2. The van der Waals surface area contributed by atoms with Crippen molar-refractivity contribution in [1.29, 1.82) is 0 Å². The number of allylic oxidation sites excluding steroid dienone is 1. The first-order valence-electron chi connectivity index (χ1n) is 11.5. The summed E-state index contributed by atoms with van der Waals surface area (Å²) in [4.78, 5) is 27.8. The van der Waals surface area contributed by atoms with Crippen LogP contribution in [0, 0.1) is 28.6 Å². The summed E-state index contributed by atoms with van der Waals surface area (Å²) < 4.78 is 5.28. The molecule has 160 valence electrons. The quantitative estimate of drug-likeness (QED) is 0.578. The number of ether oxygens (including phenoxy) is 1. The molecule has 3 saturated carbocycles. The summed E-state index contributed by atoms with van der Waals surface area (Å²) in [7, 11) is 1.67. The minimum Gasteiger partial charge on any atom is -0.497 e. The second-order valence-electron chi connectivity index (χ2n) is 10.3. The monoisotopic (exact) mass is 424 g/mol. The molecule has 0 aromatic heterocycles. The van der Waals surface area contributed by atoms with Gasteiger partial charge in [-0.15, -0.1) is 0 Å². The molecule has 3 fully saturated rings. The van der Waals surface area contributed by atoms with E-state index in [4.69, 9.17) is 4.74 Å². The minimum absolute atomic E-state index is 0.0795. The topological polar surface area (TPSA) is 43.4 Å². The van der Waals surface area contributed by atoms with E-state index in [9.17, 15) is 9.59 Å². The molecule has 0 N–H and O–H groups in total. The van der Waals surface area contributed by atoms with E-state index in [1.54, 1.807) is 18.9 Å². The molecule has 0 spiro atoms. The molecule has 4 aliphatic rings. The first-order chi connectivity index (χ1) is 14.4. The van der Waals surface area contributed by atoms with Crippen LogP contribution < -0.4 is 4.74 Å². The molecule has 0 aliphatic heterocycles. The maximum Gasteiger partial charge on any atom is 0.169 e. The summed E-state index contributed by atoms with van der Waals surface area (Å²) in [5, 5.41) is 0. The van der Waals surface area contributed by atoms with E-state index in [2.05, 4.69) is 26.0 Å². The van der Waals surface area contributed by atoms with E-state index < -0.39 is 0 Å². The molecule has 3 nitrogen and oxygen atoms in total. The highest BCUT2D eigenvalue weighted by molar-refractivity contribution is 8.04. The summed E-state index contributed by atoms with van der Waals surface area (Å²) in [5.74, 6) is 3.48. The van der Waals surface area contributed by atoms with Gasteiger partial charge >= 0.3 is 0 Å². The Balaban J connectivity index is 1.48. The van der Waals surface area contributed by atoms with Crippen LogP contribution in [0.25, 0.3) is 0 Å². The van der Waals surface area contributed by atoms with Gasteiger partial charge in [0, 0.05) is 23.2 Å². The van der Waals surface area contributed by atoms with Crippen molar-refractivity contribution in [1.82, 2.24) is 0 Å². The Labute approximate surface area is 184 Å². The Bertz CT molecular complexity index is 917. The lowest BCUT2D eigenvalue weighted by molar-refractivity contribution is -0.132. The lowest BCUT2D eigenvalue weighted by Crippen LogP contribution is -2.51. The first kappa shape index (κ1) is 20.4. The summed E-state index contributed by atoms with van der Waals surface area (Å²) in [6, 6.07) is 8.04. The van der Waals surface area contributed by atoms with Crippen LogP contribution in [0.15, 0.2) is 39.6 Å². The van der Waals surface area contributed by atoms with Gasteiger partial charge in [0.2, 0.25) is 0 Å². The normalized spacial score (nSPS) is 38.2. The molecule has 30 heavy (non-hydrogen) atoms. The third-order valence-corrected chi connectivity index (χ3v) is 10.2. The van der Waals surface area contributed by atoms with Gasteiger partial charge in [-0.25, -0.2) is 0 Å². The van der Waals surface area contributed by atoms with Gasteiger partial charge in [0.1, 0.15) is 11.5 Å². The Morgan fingerprint density at radius 1 is 0.900 bits per heavy atom. The standard InChI is InChI=1S/C26H32O3S/c1-25-15-13-22(27)24(30-17-6-4-16(29-3)5-7-17)21(25)9-8-18-19-10-11-23(28)26(19,2)14-12-20(18)25/h4-7,18-20H,8-15H2,1-3H3. The van der Waals surface area contributed by atoms with Gasteiger partial charge in [-0.05, 0) is 91.5 Å². The fourth-order valence-electron chi connectivity index (χ4n) is 7.32. The molecule has 0 saturated heterocycles. The summed E-state index contributed by atoms with van der Waals surface area (Å²) >= 11 is 1.65. The van der Waals surface area contributed by atoms with Crippen LogP contribution >= 0.6 is 11.8 Å². The predicted molar refractivity (Wildman–Crippen MR) is 120 cm³/mol. The van der Waals surface area contributed by atoms with Gasteiger partial charge < -0.3 is 4.74 Å². The first-order valence-corrected chi connectivity index (χ1v) is 12.3. The zero-order chi connectivity index (χ0) is 21.1. The van der Waals surface area contributed by atoms with Crippen molar-refractivity contribution in [3.8, 4) is 5.75 Å². The number of benzene rings is 1. The molecule has 0 radical (unpaired) electrons. The lowest BCUT2D eigenvalue weighted by Gasteiger charge is -2.57. The van der Waals surface area contributed by atoms with Gasteiger partial charge in [-0.1, -0.05) is 25.6 Å². The van der Waals surface area contributed by atoms with Crippen LogP contribution in [0.4, 0.5) is 0 Å². The van der Waals surface area contributed by atoms with Gasteiger partial charge in [-0.2, -0.15) is 0 Å². The number of Topliss-reactive ketones (excluding diaryl/α,β-unsaturated/α-hetero) is 2. The third kappa shape index (κ3) is 2.93. The molecule has 5 rings (SSSR count). The van der Waals surface area contributed by atoms with Crippen LogP contribution in [0.5, 0.6) is 5.75 Å². The Morgan fingerprint density at radius 2 is 1.63 bits per heavy atom. The van der Waals surface area contributed by atoms with E-state index in [1.807, 2.05) is 12.1 Å². The fourth-order valence-corrected chi connectivity index (χ4v) is 8.50. The van der Waals surface area contributed by atoms with E-state index in [1.165, 1.54) is 5.57 Å². The lowest BCUT2D eigenvalue weighted by atomic mass is 9.47. The van der Waals surface area contributed by atoms with Crippen molar-refractivity contribution >= 4 is 23.3 Å². The average molecular weight is 425 g/mol. The minimum atomic E-state index is -0.0795. The molecule has 5 unspecified atom stereocenters. The molecule has 1 aromatic carbocycles. The van der Waals surface area contributed by atoms with Crippen LogP contribution in [0.2, 0.25) is 0 Å². The second kappa shape index (κ2) is 7.25. The molecule has 4 aliphatic carbocycles. The molecule has 0 heterocycles. The number of carbonyl (C=O) groups is 2. The Kier molecular flexibility index (Phi) is 4.92. The predicted octanol–water partition coefficient (Wildman–Crippen LogP) is 6.22. The Hall–Kier alpha value is -1.55. The van der Waals surface area contributed by atoms with Gasteiger partial charge in [0.15, 0.2) is 5.78 Å². The number of hydrogen-bond donors (Lipinski definition) is 0. The molecular weight excluding hydrogens is 392 g/mol. The van der Waals surface area contributed by atoms with Crippen LogP contribution in [-0.2, 0) is 9.59 Å². The van der Waals surface area contributed by atoms with Crippen LogP contribution in [-0.4, -0.2) is 18.7 Å². The van der Waals surface area contributed by atoms with Crippen molar-refractivity contribution in [3.63, 3.8) is 0 Å². The van der Waals surface area contributed by atoms with Crippen molar-refractivity contribution < 1.29 is 14.3 Å². The molecule has 4 heteroatoms. The average Bonchev–Trinajstić information content (AvgIpc) is 3.06. The second-order valence-corrected chi connectivity index (χ2v) is 11.3. The fraction of sp³-hybridized carbons (Fsp3) is 0.615. The van der Waals surface area contributed by atoms with Crippen LogP contribution in [0.3, 0.4) is 0 Å². The van der Waals surface area contributed by atoms with E-state index in [-0.39, 0.29) is 10.8 Å². The smallest absolute Gasteiger partial charge is 0.169 e. The van der Waals surface area contributed by atoms with Gasteiger partial charge in [0.25, 0.3) is 0 Å². The van der Waals surface area contributed by atoms with E-state index >= 15 is 0 Å². The Morgan fingerprint density at radius 3 is 2.37 bits per heavy atom. The van der Waals surface area contributed by atoms with Crippen molar-refractivity contribution in [2.45, 2.75) is 70.1 Å². The largest absolute Gasteiger partial charge is 0.497 e. The third-order valence-electron chi connectivity index (χ3n) is 9.06. The molecular formula is C26H32O3S. The van der Waals surface area contributed by atoms with Crippen LogP contribution in [0.1, 0.15) is 65.2 Å². The van der Waals surface area contributed by atoms with Crippen molar-refractivity contribution in [3.05, 3.63) is 34.7 Å². The summed E-state index contributed by atoms with van der Waals surface area (Å²) in [6.45, 7) is 4.67. The summed E-state index contributed by atoms with van der Waals surface area (Å²) in [5.41, 5.74) is 1.44. The number of rotatable bonds is 3. The summed E-state index contributed by atoms with van der Waals surface area (Å²) in [6.07, 6.45) is 7.83. The van der Waals surface area contributed by atoms with E-state index in [0.29, 0.717) is 35.7 Å². The molecule has 1 aromatic rings. The molecule has 0 bridgehead atoms. The zero-order valence-corrected chi connectivity index (χ0v) is 19.1. The highest BCUT2D eigenvalue weighted by atomic mass is 32.2. The highest BCUT2D eigenvalue weighted by Gasteiger charge is 2.59. The number of thioether (sulfide) groups is 1. The van der Waals surface area contributed by atoms with Crippen molar-refractivity contribution in [2.75, 3.05) is 7.11 Å². The number of fused-ring (bicyclic) bond motifs is 5. The van der Waals surface area contributed by atoms with Crippen molar-refractivity contribution in [2.24, 2.45) is 28.6 Å². The molecule has 0 amide bonds. The maximum atomic E-state index is 13.0. The number of methoxy groups -OCH3 is 1. The number of ketones is 2. The molecule has 5 atom stereocenters.